The summed E-state index contributed by atoms with van der Waals surface area (Å²) in [5.74, 6) is -0.242. The van der Waals surface area contributed by atoms with E-state index in [4.69, 9.17) is 0 Å². The Morgan fingerprint density at radius 3 is 2.54 bits per heavy atom. The van der Waals surface area contributed by atoms with Crippen molar-refractivity contribution in [2.75, 3.05) is 0 Å². The summed E-state index contributed by atoms with van der Waals surface area (Å²) in [6, 6.07) is 3.18. The quantitative estimate of drug-likeness (QED) is 0.680. The Morgan fingerprint density at radius 1 is 1.31 bits per heavy atom. The molecule has 0 aliphatic carbocycles. The summed E-state index contributed by atoms with van der Waals surface area (Å²) in [5.41, 5.74) is 1.39. The van der Waals surface area contributed by atoms with Crippen LogP contribution in [0, 0.1) is 0 Å². The van der Waals surface area contributed by atoms with Gasteiger partial charge in [-0.3, -0.25) is 0 Å². The van der Waals surface area contributed by atoms with E-state index in [1.165, 1.54) is 12.1 Å². The molecule has 0 spiro atoms. The summed E-state index contributed by atoms with van der Waals surface area (Å²) in [4.78, 5) is 0. The Labute approximate surface area is 77.5 Å². The van der Waals surface area contributed by atoms with Crippen molar-refractivity contribution in [3.8, 4) is 11.5 Å². The van der Waals surface area contributed by atoms with Crippen LogP contribution in [0.2, 0.25) is 0 Å². The van der Waals surface area contributed by atoms with Crippen molar-refractivity contribution in [3.63, 3.8) is 0 Å². The van der Waals surface area contributed by atoms with Crippen molar-refractivity contribution in [1.29, 1.82) is 0 Å². The van der Waals surface area contributed by atoms with Crippen molar-refractivity contribution in [2.24, 2.45) is 0 Å². The lowest BCUT2D eigenvalue weighted by Gasteiger charge is -2.05. The topological polar surface area (TPSA) is 40.5 Å². The molecule has 0 radical (unpaired) electrons. The minimum absolute atomic E-state index is 0.120. The van der Waals surface area contributed by atoms with Crippen LogP contribution >= 0.6 is 0 Å². The van der Waals surface area contributed by atoms with Crippen LogP contribution in [0.1, 0.15) is 18.1 Å². The van der Waals surface area contributed by atoms with Crippen LogP contribution in [0.15, 0.2) is 24.8 Å². The van der Waals surface area contributed by atoms with Gasteiger partial charge in [-0.25, -0.2) is 0 Å². The van der Waals surface area contributed by atoms with E-state index >= 15 is 0 Å². The molecule has 0 amide bonds. The van der Waals surface area contributed by atoms with Gasteiger partial charge in [0, 0.05) is 5.56 Å². The van der Waals surface area contributed by atoms with Crippen molar-refractivity contribution < 1.29 is 10.2 Å². The number of phenols is 2. The van der Waals surface area contributed by atoms with Crippen LogP contribution in [0.25, 0.3) is 12.2 Å². The third-order valence-electron chi connectivity index (χ3n) is 1.78. The summed E-state index contributed by atoms with van der Waals surface area (Å²) in [5, 5.41) is 18.7. The average Bonchev–Trinajstić information content (AvgIpc) is 2.12. The molecule has 0 aliphatic heterocycles. The number of benzene rings is 1. The lowest BCUT2D eigenvalue weighted by atomic mass is 10.1. The molecule has 1 aromatic carbocycles. The molecule has 2 N–H and O–H groups in total. The highest BCUT2D eigenvalue weighted by atomic mass is 16.3. The molecule has 0 saturated heterocycles. The van der Waals surface area contributed by atoms with E-state index in [-0.39, 0.29) is 11.5 Å². The molecule has 2 nitrogen and oxygen atoms in total. The number of rotatable bonds is 2. The second-order valence-corrected chi connectivity index (χ2v) is 2.64. The molecule has 0 heterocycles. The molecule has 13 heavy (non-hydrogen) atoms. The van der Waals surface area contributed by atoms with E-state index in [1.54, 1.807) is 6.07 Å². The fourth-order valence-electron chi connectivity index (χ4n) is 1.15. The first-order chi connectivity index (χ1) is 6.20. The fourth-order valence-corrected chi connectivity index (χ4v) is 1.15. The van der Waals surface area contributed by atoms with Gasteiger partial charge in [-0.2, -0.15) is 0 Å². The highest BCUT2D eigenvalue weighted by molar-refractivity contribution is 5.71. The maximum Gasteiger partial charge on any atom is 0.165 e. The SMILES string of the molecule is C=Cc1c(/C=C\C)ccc(O)c1O. The molecule has 0 atom stereocenters. The summed E-state index contributed by atoms with van der Waals surface area (Å²) in [7, 11) is 0. The predicted octanol–water partition coefficient (Wildman–Crippen LogP) is 2.77. The normalized spacial score (nSPS) is 10.5. The fraction of sp³-hybridized carbons (Fsp3) is 0.0909. The van der Waals surface area contributed by atoms with Crippen molar-refractivity contribution >= 4 is 12.2 Å². The van der Waals surface area contributed by atoms with Crippen LogP contribution in [0.5, 0.6) is 11.5 Å². The molecule has 0 saturated carbocycles. The Hall–Kier alpha value is -1.70. The molecule has 0 unspecified atom stereocenters. The molecule has 0 bridgehead atoms. The lowest BCUT2D eigenvalue weighted by molar-refractivity contribution is 0.403. The van der Waals surface area contributed by atoms with Crippen LogP contribution in [0.3, 0.4) is 0 Å². The van der Waals surface area contributed by atoms with Gasteiger partial charge in [-0.05, 0) is 18.6 Å². The summed E-state index contributed by atoms with van der Waals surface area (Å²) in [6.07, 6.45) is 5.22. The summed E-state index contributed by atoms with van der Waals surface area (Å²) < 4.78 is 0. The van der Waals surface area contributed by atoms with E-state index in [0.29, 0.717) is 5.56 Å². The van der Waals surface area contributed by atoms with E-state index in [2.05, 4.69) is 6.58 Å². The van der Waals surface area contributed by atoms with E-state index in [0.717, 1.165) is 5.56 Å². The maximum absolute atomic E-state index is 9.45. The molecule has 1 rings (SSSR count). The predicted molar refractivity (Wildman–Crippen MR) is 54.6 cm³/mol. The first-order valence-electron chi connectivity index (χ1n) is 4.00. The van der Waals surface area contributed by atoms with Crippen LogP contribution in [-0.4, -0.2) is 10.2 Å². The van der Waals surface area contributed by atoms with E-state index in [9.17, 15) is 10.2 Å². The Balaban J connectivity index is 3.37. The first kappa shape index (κ1) is 9.39. The number of allylic oxidation sites excluding steroid dienone is 1. The van der Waals surface area contributed by atoms with Crippen molar-refractivity contribution in [1.82, 2.24) is 0 Å². The van der Waals surface area contributed by atoms with E-state index in [1.807, 2.05) is 19.1 Å². The van der Waals surface area contributed by atoms with Crippen molar-refractivity contribution in [3.05, 3.63) is 35.9 Å². The Kier molecular flexibility index (Phi) is 2.75. The van der Waals surface area contributed by atoms with Crippen LogP contribution < -0.4 is 0 Å². The highest BCUT2D eigenvalue weighted by Gasteiger charge is 2.06. The Bertz CT molecular complexity index is 351. The third kappa shape index (κ3) is 1.72. The largest absolute Gasteiger partial charge is 0.504 e. The van der Waals surface area contributed by atoms with Gasteiger partial charge in [-0.15, -0.1) is 0 Å². The van der Waals surface area contributed by atoms with Gasteiger partial charge in [0.05, 0.1) is 0 Å². The zero-order chi connectivity index (χ0) is 9.84. The second-order valence-electron chi connectivity index (χ2n) is 2.64. The van der Waals surface area contributed by atoms with Crippen molar-refractivity contribution in [2.45, 2.75) is 6.92 Å². The minimum atomic E-state index is -0.122. The molecule has 0 aliphatic rings. The lowest BCUT2D eigenvalue weighted by Crippen LogP contribution is -1.81. The second kappa shape index (κ2) is 3.81. The van der Waals surface area contributed by atoms with Gasteiger partial charge in [0.25, 0.3) is 0 Å². The van der Waals surface area contributed by atoms with Gasteiger partial charge >= 0.3 is 0 Å². The van der Waals surface area contributed by atoms with E-state index < -0.39 is 0 Å². The minimum Gasteiger partial charge on any atom is -0.504 e. The number of hydrogen-bond acceptors (Lipinski definition) is 2. The van der Waals surface area contributed by atoms with Gasteiger partial charge < -0.3 is 10.2 Å². The van der Waals surface area contributed by atoms with Gasteiger partial charge in [0.15, 0.2) is 11.5 Å². The third-order valence-corrected chi connectivity index (χ3v) is 1.78. The molecular weight excluding hydrogens is 164 g/mol. The number of hydrogen-bond donors (Lipinski definition) is 2. The van der Waals surface area contributed by atoms with Gasteiger partial charge in [-0.1, -0.05) is 30.9 Å². The monoisotopic (exact) mass is 176 g/mol. The maximum atomic E-state index is 9.45. The van der Waals surface area contributed by atoms with Crippen LogP contribution in [0.4, 0.5) is 0 Å². The summed E-state index contributed by atoms with van der Waals surface area (Å²) in [6.45, 7) is 5.46. The number of phenolic OH excluding ortho intramolecular Hbond substituents is 2. The standard InChI is InChI=1S/C11H12O2/c1-3-5-8-6-7-10(12)11(13)9(8)4-2/h3-7,12-13H,2H2,1H3/b5-3-. The van der Waals surface area contributed by atoms with Gasteiger partial charge in [0.2, 0.25) is 0 Å². The smallest absolute Gasteiger partial charge is 0.165 e. The molecular formula is C11H12O2. The molecule has 1 aromatic rings. The molecule has 2 heteroatoms. The molecule has 0 fully saturated rings. The van der Waals surface area contributed by atoms with Crippen LogP contribution in [-0.2, 0) is 0 Å². The molecule has 68 valence electrons. The Morgan fingerprint density at radius 2 is 2.00 bits per heavy atom. The average molecular weight is 176 g/mol. The number of aromatic hydroxyl groups is 2. The molecule has 0 aromatic heterocycles. The first-order valence-corrected chi connectivity index (χ1v) is 4.00. The summed E-state index contributed by atoms with van der Waals surface area (Å²) >= 11 is 0. The zero-order valence-electron chi connectivity index (χ0n) is 7.49. The van der Waals surface area contributed by atoms with Gasteiger partial charge in [0.1, 0.15) is 0 Å². The zero-order valence-corrected chi connectivity index (χ0v) is 7.49. The highest BCUT2D eigenvalue weighted by Crippen LogP contribution is 2.32.